The fourth-order valence-electron chi connectivity index (χ4n) is 2.21. The van der Waals surface area contributed by atoms with Crippen LogP contribution in [0.5, 0.6) is 5.75 Å². The van der Waals surface area contributed by atoms with Crippen LogP contribution in [0.4, 0.5) is 10.8 Å². The summed E-state index contributed by atoms with van der Waals surface area (Å²) in [6.07, 6.45) is -0.630. The van der Waals surface area contributed by atoms with E-state index >= 15 is 0 Å². The summed E-state index contributed by atoms with van der Waals surface area (Å²) in [5, 5.41) is 6.03. The van der Waals surface area contributed by atoms with Crippen LogP contribution in [-0.4, -0.2) is 22.9 Å². The molecule has 0 radical (unpaired) electrons. The first-order valence-electron chi connectivity index (χ1n) is 7.72. The van der Waals surface area contributed by atoms with Crippen LogP contribution in [0, 0.1) is 0 Å². The number of rotatable bonds is 5. The van der Waals surface area contributed by atoms with Crippen molar-refractivity contribution in [3.05, 3.63) is 48.5 Å². The summed E-state index contributed by atoms with van der Waals surface area (Å²) >= 11 is 1.35. The maximum absolute atomic E-state index is 12.3. The van der Waals surface area contributed by atoms with Gasteiger partial charge in [-0.2, -0.15) is 0 Å². The van der Waals surface area contributed by atoms with Gasteiger partial charge >= 0.3 is 0 Å². The molecule has 1 heterocycles. The van der Waals surface area contributed by atoms with Gasteiger partial charge in [-0.05, 0) is 37.3 Å². The van der Waals surface area contributed by atoms with Crippen LogP contribution in [-0.2, 0) is 9.59 Å². The van der Waals surface area contributed by atoms with Gasteiger partial charge in [-0.25, -0.2) is 4.98 Å². The van der Waals surface area contributed by atoms with Crippen LogP contribution in [0.25, 0.3) is 10.2 Å². The number of aromatic nitrogens is 1. The first-order chi connectivity index (χ1) is 12.0. The van der Waals surface area contributed by atoms with Crippen molar-refractivity contribution in [1.29, 1.82) is 0 Å². The number of ether oxygens (including phenoxy) is 1. The Morgan fingerprint density at radius 2 is 1.88 bits per heavy atom. The van der Waals surface area contributed by atoms with Crippen LogP contribution in [0.3, 0.4) is 0 Å². The second-order valence-corrected chi connectivity index (χ2v) is 6.48. The van der Waals surface area contributed by atoms with E-state index in [1.807, 2.05) is 24.3 Å². The molecule has 128 valence electrons. The third kappa shape index (κ3) is 4.33. The minimum absolute atomic E-state index is 0.167. The van der Waals surface area contributed by atoms with Crippen molar-refractivity contribution in [2.24, 2.45) is 0 Å². The van der Waals surface area contributed by atoms with E-state index in [-0.39, 0.29) is 11.8 Å². The minimum atomic E-state index is -0.630. The molecule has 1 unspecified atom stereocenters. The number of benzene rings is 2. The molecular formula is C18H17N3O3S. The van der Waals surface area contributed by atoms with Crippen LogP contribution < -0.4 is 15.4 Å². The maximum atomic E-state index is 12.3. The van der Waals surface area contributed by atoms with Gasteiger partial charge in [0.15, 0.2) is 11.2 Å². The summed E-state index contributed by atoms with van der Waals surface area (Å²) in [4.78, 5) is 27.7. The highest BCUT2D eigenvalue weighted by Crippen LogP contribution is 2.28. The predicted molar refractivity (Wildman–Crippen MR) is 99.1 cm³/mol. The normalized spacial score (nSPS) is 11.8. The number of anilines is 2. The Kier molecular flexibility index (Phi) is 4.95. The Labute approximate surface area is 148 Å². The van der Waals surface area contributed by atoms with Gasteiger partial charge in [0, 0.05) is 12.6 Å². The molecule has 0 spiro atoms. The van der Waals surface area contributed by atoms with Crippen molar-refractivity contribution in [2.45, 2.75) is 20.0 Å². The average molecular weight is 355 g/mol. The highest BCUT2D eigenvalue weighted by atomic mass is 32.1. The number of nitrogens with zero attached hydrogens (tertiary/aromatic N) is 1. The van der Waals surface area contributed by atoms with E-state index in [0.717, 1.165) is 10.2 Å². The number of carbonyl (C=O) groups is 2. The van der Waals surface area contributed by atoms with E-state index < -0.39 is 6.10 Å². The molecule has 1 aromatic heterocycles. The topological polar surface area (TPSA) is 80.3 Å². The summed E-state index contributed by atoms with van der Waals surface area (Å²) in [5.74, 6) is 0.234. The van der Waals surface area contributed by atoms with Crippen molar-refractivity contribution in [2.75, 3.05) is 10.6 Å². The minimum Gasteiger partial charge on any atom is -0.481 e. The van der Waals surface area contributed by atoms with E-state index in [4.69, 9.17) is 4.74 Å². The van der Waals surface area contributed by atoms with Crippen molar-refractivity contribution in [1.82, 2.24) is 4.98 Å². The van der Waals surface area contributed by atoms with Crippen LogP contribution in [0.2, 0.25) is 0 Å². The molecule has 3 rings (SSSR count). The molecule has 0 saturated carbocycles. The van der Waals surface area contributed by atoms with E-state index in [9.17, 15) is 9.59 Å². The quantitative estimate of drug-likeness (QED) is 0.732. The lowest BCUT2D eigenvalue weighted by Gasteiger charge is -2.14. The molecule has 0 aliphatic heterocycles. The fraction of sp³-hybridized carbons (Fsp3) is 0.167. The molecule has 0 saturated heterocycles. The molecule has 6 nitrogen and oxygen atoms in total. The molecule has 7 heteroatoms. The molecule has 25 heavy (non-hydrogen) atoms. The number of thiazole rings is 1. The number of amides is 2. The SMILES string of the molecule is CC(=O)Nc1nc2ccc(NC(=O)C(C)Oc3ccccc3)cc2s1. The van der Waals surface area contributed by atoms with E-state index in [2.05, 4.69) is 15.6 Å². The standard InChI is InChI=1S/C18H17N3O3S/c1-11(24-14-6-4-3-5-7-14)17(23)20-13-8-9-15-16(10-13)25-18(21-15)19-12(2)22/h3-11H,1-2H3,(H,20,23)(H,19,21,22). The summed E-state index contributed by atoms with van der Waals surface area (Å²) < 4.78 is 6.49. The van der Waals surface area contributed by atoms with Crippen LogP contribution in [0.1, 0.15) is 13.8 Å². The van der Waals surface area contributed by atoms with Crippen molar-refractivity contribution in [3.63, 3.8) is 0 Å². The smallest absolute Gasteiger partial charge is 0.265 e. The summed E-state index contributed by atoms with van der Waals surface area (Å²) in [5.41, 5.74) is 1.42. The number of nitrogens with one attached hydrogen (secondary N) is 2. The Morgan fingerprint density at radius 1 is 1.12 bits per heavy atom. The fourth-order valence-corrected chi connectivity index (χ4v) is 3.16. The molecule has 3 aromatic rings. The van der Waals surface area contributed by atoms with E-state index in [1.165, 1.54) is 18.3 Å². The molecule has 0 aliphatic carbocycles. The summed E-state index contributed by atoms with van der Waals surface area (Å²) in [6.45, 7) is 3.13. The lowest BCUT2D eigenvalue weighted by atomic mass is 10.2. The number of para-hydroxylation sites is 1. The number of fused-ring (bicyclic) bond motifs is 1. The molecule has 0 bridgehead atoms. The Hall–Kier alpha value is -2.93. The first kappa shape index (κ1) is 16.9. The van der Waals surface area contributed by atoms with Crippen molar-refractivity contribution < 1.29 is 14.3 Å². The zero-order valence-corrected chi connectivity index (χ0v) is 14.6. The van der Waals surface area contributed by atoms with Gasteiger partial charge in [-0.1, -0.05) is 29.5 Å². The monoisotopic (exact) mass is 355 g/mol. The third-order valence-electron chi connectivity index (χ3n) is 3.36. The van der Waals surface area contributed by atoms with Crippen molar-refractivity contribution in [3.8, 4) is 5.75 Å². The lowest BCUT2D eigenvalue weighted by molar-refractivity contribution is -0.122. The second kappa shape index (κ2) is 7.31. The molecule has 0 fully saturated rings. The van der Waals surface area contributed by atoms with Gasteiger partial charge in [-0.15, -0.1) is 0 Å². The zero-order valence-electron chi connectivity index (χ0n) is 13.8. The molecule has 1 atom stereocenters. The third-order valence-corrected chi connectivity index (χ3v) is 4.30. The Balaban J connectivity index is 1.69. The van der Waals surface area contributed by atoms with Crippen molar-refractivity contribution >= 4 is 44.2 Å². The maximum Gasteiger partial charge on any atom is 0.265 e. The largest absolute Gasteiger partial charge is 0.481 e. The summed E-state index contributed by atoms with van der Waals surface area (Å²) in [6, 6.07) is 14.6. The zero-order chi connectivity index (χ0) is 17.8. The molecule has 0 aliphatic rings. The number of carbonyl (C=O) groups excluding carboxylic acids is 2. The van der Waals surface area contributed by atoms with Gasteiger partial charge in [0.25, 0.3) is 5.91 Å². The van der Waals surface area contributed by atoms with Gasteiger partial charge in [0.2, 0.25) is 5.91 Å². The second-order valence-electron chi connectivity index (χ2n) is 5.45. The molecule has 2 amide bonds. The van der Waals surface area contributed by atoms with Gasteiger partial charge in [-0.3, -0.25) is 9.59 Å². The highest BCUT2D eigenvalue weighted by molar-refractivity contribution is 7.22. The number of hydrogen-bond donors (Lipinski definition) is 2. The van der Waals surface area contributed by atoms with Crippen LogP contribution in [0.15, 0.2) is 48.5 Å². The van der Waals surface area contributed by atoms with E-state index in [0.29, 0.717) is 16.6 Å². The summed E-state index contributed by atoms with van der Waals surface area (Å²) in [7, 11) is 0. The molecular weight excluding hydrogens is 338 g/mol. The van der Waals surface area contributed by atoms with Crippen LogP contribution >= 0.6 is 11.3 Å². The Bertz CT molecular complexity index is 908. The van der Waals surface area contributed by atoms with Gasteiger partial charge in [0.1, 0.15) is 5.75 Å². The van der Waals surface area contributed by atoms with E-state index in [1.54, 1.807) is 31.2 Å². The number of hydrogen-bond acceptors (Lipinski definition) is 5. The molecule has 2 aromatic carbocycles. The van der Waals surface area contributed by atoms with Gasteiger partial charge in [0.05, 0.1) is 10.2 Å². The first-order valence-corrected chi connectivity index (χ1v) is 8.53. The highest BCUT2D eigenvalue weighted by Gasteiger charge is 2.15. The molecule has 2 N–H and O–H groups in total. The Morgan fingerprint density at radius 3 is 2.60 bits per heavy atom. The average Bonchev–Trinajstić information content (AvgIpc) is 2.96. The lowest BCUT2D eigenvalue weighted by Crippen LogP contribution is -2.30. The predicted octanol–water partition coefficient (Wildman–Crippen LogP) is 3.66. The van der Waals surface area contributed by atoms with Gasteiger partial charge < -0.3 is 15.4 Å².